The van der Waals surface area contributed by atoms with E-state index in [1.54, 1.807) is 6.92 Å². The number of ketones is 1. The van der Waals surface area contributed by atoms with Gasteiger partial charge in [0.1, 0.15) is 5.78 Å². The number of hydrogen-bond acceptors (Lipinski definition) is 2. The summed E-state index contributed by atoms with van der Waals surface area (Å²) in [5, 5.41) is 3.08. The topological polar surface area (TPSA) is 29.1 Å². The van der Waals surface area contributed by atoms with Crippen LogP contribution in [0.5, 0.6) is 0 Å². The summed E-state index contributed by atoms with van der Waals surface area (Å²) in [5.74, 6) is 0.170. The molecule has 0 amide bonds. The fourth-order valence-electron chi connectivity index (χ4n) is 1.39. The average Bonchev–Trinajstić information content (AvgIpc) is 2.19. The van der Waals surface area contributed by atoms with Crippen LogP contribution in [0.4, 0.5) is 0 Å². The molecule has 0 aliphatic rings. The van der Waals surface area contributed by atoms with Gasteiger partial charge in [0.15, 0.2) is 0 Å². The van der Waals surface area contributed by atoms with Crippen LogP contribution in [0.25, 0.3) is 0 Å². The molecule has 0 spiro atoms. The lowest BCUT2D eigenvalue weighted by molar-refractivity contribution is -0.122. The molecule has 0 saturated heterocycles. The van der Waals surface area contributed by atoms with Gasteiger partial charge in [-0.1, -0.05) is 30.3 Å². The van der Waals surface area contributed by atoms with Crippen LogP contribution in [-0.2, 0) is 11.2 Å². The number of benzene rings is 1. The van der Waals surface area contributed by atoms with Gasteiger partial charge < -0.3 is 5.32 Å². The minimum atomic E-state index is -0.443. The van der Waals surface area contributed by atoms with Gasteiger partial charge in [-0.3, -0.25) is 4.79 Å². The fraction of sp³-hybridized carbons (Fsp3) is 0.417. The third kappa shape index (κ3) is 2.42. The molecule has 0 fully saturated rings. The van der Waals surface area contributed by atoms with E-state index in [9.17, 15) is 4.79 Å². The molecule has 14 heavy (non-hydrogen) atoms. The summed E-state index contributed by atoms with van der Waals surface area (Å²) < 4.78 is 0. The molecular formula is C12H17NO. The molecule has 2 heteroatoms. The van der Waals surface area contributed by atoms with Crippen molar-refractivity contribution < 1.29 is 4.79 Å². The minimum Gasteiger partial charge on any atom is -0.308 e. The summed E-state index contributed by atoms with van der Waals surface area (Å²) in [6.45, 7) is 3.56. The molecule has 1 aromatic carbocycles. The normalized spacial score (nSPS) is 14.8. The van der Waals surface area contributed by atoms with Crippen LogP contribution in [0, 0.1) is 0 Å². The Bertz CT molecular complexity index is 307. The Morgan fingerprint density at radius 3 is 2.36 bits per heavy atom. The maximum Gasteiger partial charge on any atom is 0.149 e. The Kier molecular flexibility index (Phi) is 3.42. The number of Topliss-reactive ketones (excluding diaryl/α,β-unsaturated/α-hetero) is 1. The maximum atomic E-state index is 11.4. The second kappa shape index (κ2) is 4.38. The van der Waals surface area contributed by atoms with Gasteiger partial charge in [0.2, 0.25) is 0 Å². The summed E-state index contributed by atoms with van der Waals surface area (Å²) in [6, 6.07) is 10.0. The van der Waals surface area contributed by atoms with Crippen molar-refractivity contribution in [3.63, 3.8) is 0 Å². The molecule has 0 aliphatic heterocycles. The molecule has 0 aromatic heterocycles. The minimum absolute atomic E-state index is 0.170. The van der Waals surface area contributed by atoms with Gasteiger partial charge in [-0.25, -0.2) is 0 Å². The predicted molar refractivity (Wildman–Crippen MR) is 58.3 cm³/mol. The fourth-order valence-corrected chi connectivity index (χ4v) is 1.39. The predicted octanol–water partition coefficient (Wildman–Crippen LogP) is 1.80. The zero-order valence-electron chi connectivity index (χ0n) is 9.00. The molecule has 1 rings (SSSR count). The van der Waals surface area contributed by atoms with E-state index < -0.39 is 5.54 Å². The van der Waals surface area contributed by atoms with Crippen molar-refractivity contribution in [3.05, 3.63) is 35.9 Å². The van der Waals surface area contributed by atoms with Crippen molar-refractivity contribution in [2.24, 2.45) is 0 Å². The Hall–Kier alpha value is -1.15. The molecule has 0 aliphatic carbocycles. The van der Waals surface area contributed by atoms with Gasteiger partial charge in [0, 0.05) is 0 Å². The van der Waals surface area contributed by atoms with Crippen molar-refractivity contribution in [3.8, 4) is 0 Å². The molecule has 0 unspecified atom stereocenters. The molecule has 0 saturated carbocycles. The van der Waals surface area contributed by atoms with Crippen LogP contribution in [0.2, 0.25) is 0 Å². The van der Waals surface area contributed by atoms with Crippen LogP contribution >= 0.6 is 0 Å². The lowest BCUT2D eigenvalue weighted by atomic mass is 9.89. The highest BCUT2D eigenvalue weighted by molar-refractivity contribution is 5.85. The lowest BCUT2D eigenvalue weighted by Crippen LogP contribution is -2.48. The lowest BCUT2D eigenvalue weighted by Gasteiger charge is -2.26. The smallest absolute Gasteiger partial charge is 0.149 e. The van der Waals surface area contributed by atoms with Crippen LogP contribution in [0.1, 0.15) is 19.4 Å². The van der Waals surface area contributed by atoms with Crippen LogP contribution in [0.15, 0.2) is 30.3 Å². The Balaban J connectivity index is 2.81. The quantitative estimate of drug-likeness (QED) is 0.786. The van der Waals surface area contributed by atoms with Crippen molar-refractivity contribution in [2.45, 2.75) is 25.8 Å². The SMILES string of the molecule is CN[C@@](C)(Cc1ccccc1)C(C)=O. The van der Waals surface area contributed by atoms with Crippen LogP contribution < -0.4 is 5.32 Å². The van der Waals surface area contributed by atoms with Crippen LogP contribution in [-0.4, -0.2) is 18.4 Å². The van der Waals surface area contributed by atoms with E-state index in [4.69, 9.17) is 0 Å². The van der Waals surface area contributed by atoms with Crippen molar-refractivity contribution in [2.75, 3.05) is 7.05 Å². The van der Waals surface area contributed by atoms with Crippen molar-refractivity contribution >= 4 is 5.78 Å². The Labute approximate surface area is 85.3 Å². The third-order valence-electron chi connectivity index (χ3n) is 2.73. The third-order valence-corrected chi connectivity index (χ3v) is 2.73. The number of carbonyl (C=O) groups is 1. The average molecular weight is 191 g/mol. The first-order valence-corrected chi connectivity index (χ1v) is 4.82. The highest BCUT2D eigenvalue weighted by Crippen LogP contribution is 2.13. The molecule has 0 bridgehead atoms. The second-order valence-electron chi connectivity index (χ2n) is 3.80. The van der Waals surface area contributed by atoms with Gasteiger partial charge in [0.25, 0.3) is 0 Å². The molecular weight excluding hydrogens is 174 g/mol. The first-order valence-electron chi connectivity index (χ1n) is 4.82. The molecule has 1 atom stereocenters. The number of nitrogens with one attached hydrogen (secondary N) is 1. The monoisotopic (exact) mass is 191 g/mol. The van der Waals surface area contributed by atoms with Crippen LogP contribution in [0.3, 0.4) is 0 Å². The van der Waals surface area contributed by atoms with Gasteiger partial charge >= 0.3 is 0 Å². The molecule has 0 radical (unpaired) electrons. The Morgan fingerprint density at radius 2 is 1.93 bits per heavy atom. The zero-order valence-corrected chi connectivity index (χ0v) is 9.00. The summed E-state index contributed by atoms with van der Waals surface area (Å²) in [5.41, 5.74) is 0.737. The van der Waals surface area contributed by atoms with E-state index in [0.717, 1.165) is 6.42 Å². The van der Waals surface area contributed by atoms with Gasteiger partial charge in [0.05, 0.1) is 5.54 Å². The standard InChI is InChI=1S/C12H17NO/c1-10(14)12(2,13-3)9-11-7-5-4-6-8-11/h4-8,13H,9H2,1-3H3/t12-/m0/s1. The molecule has 1 N–H and O–H groups in total. The number of carbonyl (C=O) groups excluding carboxylic acids is 1. The van der Waals surface area contributed by atoms with Crippen molar-refractivity contribution in [1.29, 1.82) is 0 Å². The molecule has 1 aromatic rings. The summed E-state index contributed by atoms with van der Waals surface area (Å²) in [4.78, 5) is 11.4. The molecule has 0 heterocycles. The van der Waals surface area contributed by atoms with E-state index in [-0.39, 0.29) is 5.78 Å². The van der Waals surface area contributed by atoms with Gasteiger partial charge in [-0.2, -0.15) is 0 Å². The summed E-state index contributed by atoms with van der Waals surface area (Å²) in [7, 11) is 1.82. The first kappa shape index (κ1) is 10.9. The van der Waals surface area contributed by atoms with Gasteiger partial charge in [-0.15, -0.1) is 0 Å². The van der Waals surface area contributed by atoms with E-state index in [0.29, 0.717) is 0 Å². The van der Waals surface area contributed by atoms with Crippen molar-refractivity contribution in [1.82, 2.24) is 5.32 Å². The number of hydrogen-bond donors (Lipinski definition) is 1. The van der Waals surface area contributed by atoms with Gasteiger partial charge in [-0.05, 0) is 32.9 Å². The maximum absolute atomic E-state index is 11.4. The van der Waals surface area contributed by atoms with E-state index in [1.807, 2.05) is 44.3 Å². The summed E-state index contributed by atoms with van der Waals surface area (Å²) >= 11 is 0. The first-order chi connectivity index (χ1) is 6.58. The number of likely N-dealkylation sites (N-methyl/N-ethyl adjacent to an activating group) is 1. The largest absolute Gasteiger partial charge is 0.308 e. The highest BCUT2D eigenvalue weighted by atomic mass is 16.1. The Morgan fingerprint density at radius 1 is 1.36 bits per heavy atom. The second-order valence-corrected chi connectivity index (χ2v) is 3.80. The summed E-state index contributed by atoms with van der Waals surface area (Å²) in [6.07, 6.45) is 0.736. The molecule has 76 valence electrons. The number of rotatable bonds is 4. The molecule has 2 nitrogen and oxygen atoms in total. The van der Waals surface area contributed by atoms with E-state index in [1.165, 1.54) is 5.56 Å². The van der Waals surface area contributed by atoms with E-state index in [2.05, 4.69) is 5.32 Å². The zero-order chi connectivity index (χ0) is 10.6. The van der Waals surface area contributed by atoms with E-state index >= 15 is 0 Å². The highest BCUT2D eigenvalue weighted by Gasteiger charge is 2.27.